The van der Waals surface area contributed by atoms with Crippen LogP contribution in [0.1, 0.15) is 30.5 Å². The van der Waals surface area contributed by atoms with Crippen LogP contribution in [-0.4, -0.2) is 31.6 Å². The highest BCUT2D eigenvalue weighted by Gasteiger charge is 2.44. The van der Waals surface area contributed by atoms with E-state index in [-0.39, 0.29) is 12.0 Å². The van der Waals surface area contributed by atoms with Crippen molar-refractivity contribution >= 4 is 10.0 Å². The van der Waals surface area contributed by atoms with Gasteiger partial charge >= 0.3 is 0 Å². The number of rotatable bonds is 5. The highest BCUT2D eigenvalue weighted by molar-refractivity contribution is 7.89. The van der Waals surface area contributed by atoms with E-state index in [1.165, 1.54) is 0 Å². The maximum Gasteiger partial charge on any atom is 0.245 e. The minimum absolute atomic E-state index is 0.157. The first-order valence-electron chi connectivity index (χ1n) is 9.07. The van der Waals surface area contributed by atoms with E-state index < -0.39 is 16.3 Å². The third-order valence-electron chi connectivity index (χ3n) is 5.09. The summed E-state index contributed by atoms with van der Waals surface area (Å²) in [6.07, 6.45) is 0.0795. The second-order valence-electron chi connectivity index (χ2n) is 7.38. The number of aryl methyl sites for hydroxylation is 2. The Labute approximate surface area is 156 Å². The van der Waals surface area contributed by atoms with Crippen molar-refractivity contribution in [2.45, 2.75) is 51.3 Å². The van der Waals surface area contributed by atoms with Crippen LogP contribution >= 0.6 is 0 Å². The zero-order valence-electron chi connectivity index (χ0n) is 15.8. The molecule has 0 N–H and O–H groups in total. The molecule has 1 saturated heterocycles. The van der Waals surface area contributed by atoms with E-state index in [9.17, 15) is 8.42 Å². The predicted molar refractivity (Wildman–Crippen MR) is 103 cm³/mol. The van der Waals surface area contributed by atoms with E-state index in [0.29, 0.717) is 17.9 Å². The van der Waals surface area contributed by atoms with Crippen LogP contribution in [0.25, 0.3) is 0 Å². The van der Waals surface area contributed by atoms with Gasteiger partial charge in [0, 0.05) is 6.42 Å². The van der Waals surface area contributed by atoms with Gasteiger partial charge in [0.1, 0.15) is 6.23 Å². The number of nitrogens with zero attached hydrogens (tertiary/aromatic N) is 1. The summed E-state index contributed by atoms with van der Waals surface area (Å²) in [4.78, 5) is 0.328. The van der Waals surface area contributed by atoms with E-state index in [1.807, 2.05) is 64.1 Å². The van der Waals surface area contributed by atoms with Gasteiger partial charge in [0.2, 0.25) is 10.0 Å². The van der Waals surface area contributed by atoms with Gasteiger partial charge in [-0.3, -0.25) is 0 Å². The Morgan fingerprint density at radius 1 is 1.08 bits per heavy atom. The van der Waals surface area contributed by atoms with Crippen LogP contribution in [0.2, 0.25) is 0 Å². The Bertz CT molecular complexity index is 859. The highest BCUT2D eigenvalue weighted by atomic mass is 32.2. The van der Waals surface area contributed by atoms with E-state index in [4.69, 9.17) is 4.74 Å². The highest BCUT2D eigenvalue weighted by Crippen LogP contribution is 2.32. The summed E-state index contributed by atoms with van der Waals surface area (Å²) in [5, 5.41) is 0. The van der Waals surface area contributed by atoms with Gasteiger partial charge in [-0.05, 0) is 43.0 Å². The molecule has 2 aromatic carbocycles. The van der Waals surface area contributed by atoms with Crippen molar-refractivity contribution in [3.8, 4) is 0 Å². The number of benzene rings is 2. The minimum Gasteiger partial charge on any atom is -0.360 e. The molecule has 2 atom stereocenters. The molecule has 0 spiro atoms. The molecule has 0 saturated carbocycles. The fraction of sp³-hybridized carbons (Fsp3) is 0.429. The molecule has 1 aliphatic rings. The number of sulfonamides is 1. The fourth-order valence-corrected chi connectivity index (χ4v) is 5.23. The van der Waals surface area contributed by atoms with Crippen LogP contribution < -0.4 is 0 Å². The van der Waals surface area contributed by atoms with Crippen molar-refractivity contribution in [2.75, 3.05) is 6.61 Å². The summed E-state index contributed by atoms with van der Waals surface area (Å²) in [5.74, 6) is 0.178. The Hall–Kier alpha value is -1.69. The lowest BCUT2D eigenvalue weighted by Gasteiger charge is -2.29. The molecule has 4 nitrogen and oxygen atoms in total. The van der Waals surface area contributed by atoms with Gasteiger partial charge in [0.25, 0.3) is 0 Å². The van der Waals surface area contributed by atoms with E-state index in [0.717, 1.165) is 16.7 Å². The molecule has 0 amide bonds. The molecule has 5 heteroatoms. The third-order valence-corrected chi connectivity index (χ3v) is 7.02. The Morgan fingerprint density at radius 2 is 1.73 bits per heavy atom. The standard InChI is InChI=1S/C21H27NO3S/c1-15(2)20-14-25-21(13-18-8-6-5-7-17(18)4)22(20)26(23,24)19-11-9-16(3)10-12-19/h5-12,15,20-21H,13-14H2,1-4H3/t20-,21+/m1/s1. The molecule has 0 radical (unpaired) electrons. The van der Waals surface area contributed by atoms with Crippen molar-refractivity contribution in [3.05, 3.63) is 65.2 Å². The van der Waals surface area contributed by atoms with Gasteiger partial charge in [0.05, 0.1) is 17.5 Å². The van der Waals surface area contributed by atoms with Crippen LogP contribution in [0.5, 0.6) is 0 Å². The molecule has 26 heavy (non-hydrogen) atoms. The molecule has 2 aromatic rings. The number of hydrogen-bond donors (Lipinski definition) is 0. The van der Waals surface area contributed by atoms with Crippen molar-refractivity contribution < 1.29 is 13.2 Å². The lowest BCUT2D eigenvalue weighted by Crippen LogP contribution is -2.45. The van der Waals surface area contributed by atoms with Gasteiger partial charge in [-0.2, -0.15) is 4.31 Å². The molecule has 1 fully saturated rings. The molecule has 140 valence electrons. The van der Waals surface area contributed by atoms with Gasteiger partial charge < -0.3 is 4.74 Å². The number of ether oxygens (including phenoxy) is 1. The molecular weight excluding hydrogens is 346 g/mol. The van der Waals surface area contributed by atoms with Crippen LogP contribution in [0.3, 0.4) is 0 Å². The van der Waals surface area contributed by atoms with Gasteiger partial charge in [-0.1, -0.05) is 55.8 Å². The molecule has 0 aliphatic carbocycles. The minimum atomic E-state index is -3.62. The molecule has 1 aliphatic heterocycles. The molecule has 0 bridgehead atoms. The van der Waals surface area contributed by atoms with Crippen molar-refractivity contribution in [1.29, 1.82) is 0 Å². The topological polar surface area (TPSA) is 46.6 Å². The maximum absolute atomic E-state index is 13.4. The van der Waals surface area contributed by atoms with Crippen LogP contribution in [-0.2, 0) is 21.2 Å². The first-order valence-corrected chi connectivity index (χ1v) is 10.5. The van der Waals surface area contributed by atoms with Crippen molar-refractivity contribution in [3.63, 3.8) is 0 Å². The van der Waals surface area contributed by atoms with E-state index in [1.54, 1.807) is 16.4 Å². The van der Waals surface area contributed by atoms with Gasteiger partial charge in [0.15, 0.2) is 0 Å². The molecule has 0 aromatic heterocycles. The Morgan fingerprint density at radius 3 is 2.35 bits per heavy atom. The quantitative estimate of drug-likeness (QED) is 0.798. The summed E-state index contributed by atoms with van der Waals surface area (Å²) in [6, 6.07) is 14.9. The van der Waals surface area contributed by atoms with Crippen LogP contribution in [0.4, 0.5) is 0 Å². The van der Waals surface area contributed by atoms with Crippen LogP contribution in [0, 0.1) is 19.8 Å². The lowest BCUT2D eigenvalue weighted by molar-refractivity contribution is 0.0686. The fourth-order valence-electron chi connectivity index (χ4n) is 3.40. The summed E-state index contributed by atoms with van der Waals surface area (Å²) in [6.45, 7) is 8.51. The van der Waals surface area contributed by atoms with Gasteiger partial charge in [-0.15, -0.1) is 0 Å². The monoisotopic (exact) mass is 373 g/mol. The van der Waals surface area contributed by atoms with Crippen molar-refractivity contribution in [1.82, 2.24) is 4.31 Å². The molecular formula is C21H27NO3S. The lowest BCUT2D eigenvalue weighted by atomic mass is 10.0. The second kappa shape index (κ2) is 7.51. The maximum atomic E-state index is 13.4. The molecule has 3 rings (SSSR count). The smallest absolute Gasteiger partial charge is 0.245 e. The number of hydrogen-bond acceptors (Lipinski definition) is 3. The largest absolute Gasteiger partial charge is 0.360 e. The van der Waals surface area contributed by atoms with Crippen LogP contribution in [0.15, 0.2) is 53.4 Å². The SMILES string of the molecule is Cc1ccc(S(=O)(=O)N2[C@H](Cc3ccccc3C)OC[C@@H]2C(C)C)cc1. The summed E-state index contributed by atoms with van der Waals surface area (Å²) < 4.78 is 34.4. The average molecular weight is 374 g/mol. The average Bonchev–Trinajstić information content (AvgIpc) is 3.02. The third kappa shape index (κ3) is 3.70. The zero-order chi connectivity index (χ0) is 18.9. The Kier molecular flexibility index (Phi) is 5.51. The first kappa shape index (κ1) is 19.1. The Balaban J connectivity index is 1.97. The summed E-state index contributed by atoms with van der Waals surface area (Å²) in [7, 11) is -3.62. The summed E-state index contributed by atoms with van der Waals surface area (Å²) >= 11 is 0. The molecule has 0 unspecified atom stereocenters. The predicted octanol–water partition coefficient (Wildman–Crippen LogP) is 3.92. The second-order valence-corrected chi connectivity index (χ2v) is 9.22. The van der Waals surface area contributed by atoms with Crippen molar-refractivity contribution in [2.24, 2.45) is 5.92 Å². The normalized spacial score (nSPS) is 21.4. The summed E-state index contributed by atoms with van der Waals surface area (Å²) in [5.41, 5.74) is 3.31. The first-order chi connectivity index (χ1) is 12.3. The molecule has 1 heterocycles. The zero-order valence-corrected chi connectivity index (χ0v) is 16.7. The van der Waals surface area contributed by atoms with Gasteiger partial charge in [-0.25, -0.2) is 8.42 Å². The van der Waals surface area contributed by atoms with E-state index >= 15 is 0 Å². The van der Waals surface area contributed by atoms with E-state index in [2.05, 4.69) is 0 Å².